The van der Waals surface area contributed by atoms with Crippen LogP contribution in [0.3, 0.4) is 0 Å². The number of aromatic amines is 1. The van der Waals surface area contributed by atoms with Crippen LogP contribution in [0.2, 0.25) is 0 Å². The number of aromatic nitrogens is 2. The number of benzene rings is 1. The maximum absolute atomic E-state index is 12.8. The molecule has 1 aromatic carbocycles. The number of fused-ring (bicyclic) bond motifs is 1. The van der Waals surface area contributed by atoms with Gasteiger partial charge in [0.1, 0.15) is 11.5 Å². The summed E-state index contributed by atoms with van der Waals surface area (Å²) in [6.07, 6.45) is -0.274. The molecule has 1 aliphatic rings. The van der Waals surface area contributed by atoms with Gasteiger partial charge in [-0.2, -0.15) is 0 Å². The first-order valence-corrected chi connectivity index (χ1v) is 10.1. The second-order valence-electron chi connectivity index (χ2n) is 6.82. The molecule has 1 aromatic heterocycles. The second kappa shape index (κ2) is 10.3. The van der Waals surface area contributed by atoms with Crippen LogP contribution in [0, 0.1) is 0 Å². The van der Waals surface area contributed by atoms with Gasteiger partial charge in [0.2, 0.25) is 6.29 Å². The third-order valence-electron chi connectivity index (χ3n) is 4.84. The van der Waals surface area contributed by atoms with E-state index in [1.807, 2.05) is 13.8 Å². The fourth-order valence-corrected chi connectivity index (χ4v) is 3.32. The van der Waals surface area contributed by atoms with E-state index in [0.717, 1.165) is 0 Å². The van der Waals surface area contributed by atoms with Crippen LogP contribution in [0.4, 0.5) is 10.5 Å². The predicted octanol–water partition coefficient (Wildman–Crippen LogP) is 2.45. The van der Waals surface area contributed by atoms with Crippen molar-refractivity contribution in [2.75, 3.05) is 39.3 Å². The second-order valence-corrected chi connectivity index (χ2v) is 6.82. The number of amides is 2. The van der Waals surface area contributed by atoms with Crippen LogP contribution in [0.5, 0.6) is 11.5 Å². The largest absolute Gasteiger partial charge is 0.497 e. The summed E-state index contributed by atoms with van der Waals surface area (Å²) in [5, 5.41) is 2.83. The number of anilines is 1. The Labute approximate surface area is 180 Å². The molecule has 0 bridgehead atoms. The van der Waals surface area contributed by atoms with Gasteiger partial charge in [0, 0.05) is 50.1 Å². The Balaban J connectivity index is 1.76. The highest BCUT2D eigenvalue weighted by Gasteiger charge is 2.26. The summed E-state index contributed by atoms with van der Waals surface area (Å²) in [4.78, 5) is 34.3. The lowest BCUT2D eigenvalue weighted by Crippen LogP contribution is -2.42. The molecule has 31 heavy (non-hydrogen) atoms. The highest BCUT2D eigenvalue weighted by molar-refractivity contribution is 5.90. The molecule has 168 valence electrons. The number of hydrogen-bond donors (Lipinski definition) is 2. The van der Waals surface area contributed by atoms with Crippen molar-refractivity contribution in [1.82, 2.24) is 14.9 Å². The van der Waals surface area contributed by atoms with Crippen molar-refractivity contribution >= 4 is 11.7 Å². The summed E-state index contributed by atoms with van der Waals surface area (Å²) >= 11 is 0. The maximum atomic E-state index is 12.8. The van der Waals surface area contributed by atoms with E-state index in [-0.39, 0.29) is 18.1 Å². The number of ether oxygens (including phenoxy) is 4. The van der Waals surface area contributed by atoms with Gasteiger partial charge in [-0.1, -0.05) is 0 Å². The number of carbonyl (C=O) groups excluding carboxylic acids is 1. The molecule has 0 fully saturated rings. The van der Waals surface area contributed by atoms with Crippen molar-refractivity contribution in [2.45, 2.75) is 33.1 Å². The van der Waals surface area contributed by atoms with Gasteiger partial charge in [-0.15, -0.1) is 0 Å². The first kappa shape index (κ1) is 22.6. The van der Waals surface area contributed by atoms with E-state index in [4.69, 9.17) is 18.9 Å². The zero-order valence-electron chi connectivity index (χ0n) is 18.2. The van der Waals surface area contributed by atoms with Crippen molar-refractivity contribution in [2.24, 2.45) is 0 Å². The lowest BCUT2D eigenvalue weighted by molar-refractivity contribution is -0.145. The number of nitrogens with one attached hydrogen (secondary N) is 2. The smallest absolute Gasteiger partial charge is 0.322 e. The molecule has 0 spiro atoms. The van der Waals surface area contributed by atoms with E-state index in [1.165, 1.54) is 14.2 Å². The quantitative estimate of drug-likeness (QED) is 0.616. The number of nitrogens with zero attached hydrogens (tertiary/aromatic N) is 2. The molecule has 0 saturated heterocycles. The zero-order chi connectivity index (χ0) is 22.4. The lowest BCUT2D eigenvalue weighted by Gasteiger charge is -2.28. The van der Waals surface area contributed by atoms with Crippen molar-refractivity contribution in [1.29, 1.82) is 0 Å². The average Bonchev–Trinajstić information content (AvgIpc) is 2.78. The molecule has 1 aliphatic heterocycles. The van der Waals surface area contributed by atoms with Crippen molar-refractivity contribution in [3.05, 3.63) is 45.6 Å². The fraction of sp³-hybridized carbons (Fsp3) is 0.476. The third-order valence-corrected chi connectivity index (χ3v) is 4.84. The van der Waals surface area contributed by atoms with Gasteiger partial charge in [-0.25, -0.2) is 9.78 Å². The average molecular weight is 432 g/mol. The minimum absolute atomic E-state index is 0.152. The zero-order valence-corrected chi connectivity index (χ0v) is 18.2. The summed E-state index contributed by atoms with van der Waals surface area (Å²) in [6, 6.07) is 4.78. The van der Waals surface area contributed by atoms with Crippen LogP contribution < -0.4 is 20.3 Å². The van der Waals surface area contributed by atoms with Gasteiger partial charge in [-0.05, 0) is 13.8 Å². The number of H-pyrrole nitrogens is 1. The molecule has 0 saturated carbocycles. The van der Waals surface area contributed by atoms with E-state index in [2.05, 4.69) is 15.3 Å². The molecule has 0 unspecified atom stereocenters. The lowest BCUT2D eigenvalue weighted by atomic mass is 10.1. The van der Waals surface area contributed by atoms with Gasteiger partial charge < -0.3 is 34.1 Å². The standard InChI is InChI=1S/C21H28N4O6/c1-5-30-20(31-6-2)18-23-17-7-8-25(12-16(17)19(26)24-18)21(27)22-13-9-14(28-3)11-15(10-13)29-4/h9-11,20H,5-8,12H2,1-4H3,(H,22,27)(H,23,24,26). The molecule has 2 aromatic rings. The van der Waals surface area contributed by atoms with Gasteiger partial charge in [-0.3, -0.25) is 4.79 Å². The van der Waals surface area contributed by atoms with E-state index in [1.54, 1.807) is 23.1 Å². The van der Waals surface area contributed by atoms with Crippen molar-refractivity contribution in [3.63, 3.8) is 0 Å². The molecule has 0 radical (unpaired) electrons. The Morgan fingerprint density at radius 2 is 1.81 bits per heavy atom. The van der Waals surface area contributed by atoms with E-state index >= 15 is 0 Å². The minimum Gasteiger partial charge on any atom is -0.497 e. The fourth-order valence-electron chi connectivity index (χ4n) is 3.32. The van der Waals surface area contributed by atoms with Gasteiger partial charge in [0.25, 0.3) is 5.56 Å². The van der Waals surface area contributed by atoms with Crippen LogP contribution in [0.15, 0.2) is 23.0 Å². The Bertz CT molecular complexity index is 949. The Kier molecular flexibility index (Phi) is 7.48. The summed E-state index contributed by atoms with van der Waals surface area (Å²) in [5.74, 6) is 1.46. The van der Waals surface area contributed by atoms with Crippen LogP contribution in [0.25, 0.3) is 0 Å². The van der Waals surface area contributed by atoms with Crippen LogP contribution in [0.1, 0.15) is 37.2 Å². The first-order chi connectivity index (χ1) is 15.0. The molecule has 0 aliphatic carbocycles. The number of hydrogen-bond acceptors (Lipinski definition) is 7. The van der Waals surface area contributed by atoms with Crippen molar-refractivity contribution < 1.29 is 23.7 Å². The van der Waals surface area contributed by atoms with Gasteiger partial charge >= 0.3 is 6.03 Å². The highest BCUT2D eigenvalue weighted by atomic mass is 16.7. The number of methoxy groups -OCH3 is 2. The summed E-state index contributed by atoms with van der Waals surface area (Å²) in [5.41, 5.74) is 1.34. The summed E-state index contributed by atoms with van der Waals surface area (Å²) < 4.78 is 21.5. The van der Waals surface area contributed by atoms with Crippen LogP contribution in [-0.2, 0) is 22.4 Å². The first-order valence-electron chi connectivity index (χ1n) is 10.1. The molecule has 2 N–H and O–H groups in total. The molecule has 0 atom stereocenters. The SMILES string of the molecule is CCOC(OCC)c1nc2c(c(=O)[nH]1)CN(C(=O)Nc1cc(OC)cc(OC)c1)CC2. The minimum atomic E-state index is -0.725. The topological polar surface area (TPSA) is 115 Å². The molecule has 3 rings (SSSR count). The molecular weight excluding hydrogens is 404 g/mol. The normalized spacial score (nSPS) is 13.1. The number of urea groups is 1. The van der Waals surface area contributed by atoms with Gasteiger partial charge in [0.05, 0.1) is 32.0 Å². The Morgan fingerprint density at radius 3 is 2.39 bits per heavy atom. The van der Waals surface area contributed by atoms with E-state index in [9.17, 15) is 9.59 Å². The van der Waals surface area contributed by atoms with Gasteiger partial charge in [0.15, 0.2) is 5.82 Å². The van der Waals surface area contributed by atoms with Crippen LogP contribution in [-0.4, -0.2) is 54.9 Å². The monoisotopic (exact) mass is 432 g/mol. The molecule has 2 amide bonds. The highest BCUT2D eigenvalue weighted by Crippen LogP contribution is 2.26. The molecule has 2 heterocycles. The molecule has 10 heteroatoms. The molecule has 10 nitrogen and oxygen atoms in total. The summed E-state index contributed by atoms with van der Waals surface area (Å²) in [7, 11) is 3.08. The number of carbonyl (C=O) groups is 1. The van der Waals surface area contributed by atoms with E-state index in [0.29, 0.717) is 60.4 Å². The maximum Gasteiger partial charge on any atom is 0.322 e. The van der Waals surface area contributed by atoms with E-state index < -0.39 is 6.29 Å². The van der Waals surface area contributed by atoms with Crippen molar-refractivity contribution in [3.8, 4) is 11.5 Å². The Morgan fingerprint density at radius 1 is 1.16 bits per heavy atom. The Hall–Kier alpha value is -3.11. The predicted molar refractivity (Wildman–Crippen MR) is 114 cm³/mol. The number of rotatable bonds is 8. The summed E-state index contributed by atoms with van der Waals surface area (Å²) in [6.45, 7) is 5.11. The van der Waals surface area contributed by atoms with Crippen LogP contribution >= 0.6 is 0 Å². The molecular formula is C21H28N4O6. The third kappa shape index (κ3) is 5.33.